The predicted molar refractivity (Wildman–Crippen MR) is 153 cm³/mol. The van der Waals surface area contributed by atoms with E-state index in [9.17, 15) is 48.0 Å². The molecule has 0 radical (unpaired) electrons. The Bertz CT molecular complexity index is 1680. The first kappa shape index (κ1) is 32.0. The van der Waals surface area contributed by atoms with E-state index in [1.54, 1.807) is 24.3 Å². The smallest absolute Gasteiger partial charge is 0.401 e. The van der Waals surface area contributed by atoms with Gasteiger partial charge in [0.2, 0.25) is 5.78 Å². The molecular weight excluding hydrogens is 599 g/mol. The Kier molecular flexibility index (Phi) is 7.96. The zero-order valence-electron chi connectivity index (χ0n) is 24.5. The number of methoxy groups -OCH3 is 1. The summed E-state index contributed by atoms with van der Waals surface area (Å²) in [4.78, 5) is 41.1. The summed E-state index contributed by atoms with van der Waals surface area (Å²) in [6, 6.07) is 6.42. The number of ketones is 2. The zero-order chi connectivity index (χ0) is 33.2. The van der Waals surface area contributed by atoms with E-state index in [1.165, 1.54) is 32.2 Å². The second-order valence-corrected chi connectivity index (χ2v) is 11.7. The van der Waals surface area contributed by atoms with Crippen LogP contribution in [0, 0.1) is 11.8 Å². The number of primary amides is 1. The minimum absolute atomic E-state index is 0.0258. The molecule has 0 bridgehead atoms. The van der Waals surface area contributed by atoms with Gasteiger partial charge < -0.3 is 36.2 Å². The summed E-state index contributed by atoms with van der Waals surface area (Å²) in [6.07, 6.45) is -4.48. The molecule has 0 saturated heterocycles. The number of halogens is 3. The number of nitrogens with one attached hydrogen (secondary N) is 1. The van der Waals surface area contributed by atoms with Gasteiger partial charge in [0.25, 0.3) is 5.91 Å². The Balaban J connectivity index is 1.65. The van der Waals surface area contributed by atoms with Crippen LogP contribution in [0.1, 0.15) is 27.9 Å². The largest absolute Gasteiger partial charge is 0.510 e. The van der Waals surface area contributed by atoms with E-state index in [2.05, 4.69) is 5.32 Å². The van der Waals surface area contributed by atoms with E-state index in [1.807, 2.05) is 0 Å². The molecule has 5 rings (SSSR count). The normalized spacial score (nSPS) is 24.8. The van der Waals surface area contributed by atoms with Crippen molar-refractivity contribution in [1.29, 1.82) is 0 Å². The van der Waals surface area contributed by atoms with Gasteiger partial charge in [-0.05, 0) is 67.7 Å². The molecule has 4 unspecified atom stereocenters. The Hall–Kier alpha value is -4.40. The van der Waals surface area contributed by atoms with Crippen molar-refractivity contribution in [2.24, 2.45) is 17.6 Å². The van der Waals surface area contributed by atoms with Crippen LogP contribution >= 0.6 is 0 Å². The van der Waals surface area contributed by atoms with Gasteiger partial charge in [0.15, 0.2) is 11.4 Å². The summed E-state index contributed by atoms with van der Waals surface area (Å²) >= 11 is 0. The predicted octanol–water partition coefficient (Wildman–Crippen LogP) is 2.45. The monoisotopic (exact) mass is 631 g/mol. The summed E-state index contributed by atoms with van der Waals surface area (Å²) in [5.41, 5.74) is 2.91. The molecule has 3 aliphatic carbocycles. The van der Waals surface area contributed by atoms with E-state index >= 15 is 0 Å². The standard InChI is InChI=1S/C31H32F3N3O8/c1-37(2)24-18-10-14-9-17-15(16-8-13(4-7-20(16)45-3)11-36-12-30(32,33)34)5-6-19(38)22(17)25(39)21(14)27(41)31(18,44)28(42)23(26(24)40)29(35)43/h4-8,14,18,24,36,38,40-41,44H,9-12H2,1-3H3,(H2,35,43). The molecule has 7 N–H and O–H groups in total. The second-order valence-electron chi connectivity index (χ2n) is 11.7. The number of ether oxygens (including phenoxy) is 1. The summed E-state index contributed by atoms with van der Waals surface area (Å²) in [7, 11) is 4.47. The van der Waals surface area contributed by atoms with Crippen LogP contribution in [0.2, 0.25) is 0 Å². The van der Waals surface area contributed by atoms with Gasteiger partial charge in [-0.1, -0.05) is 12.1 Å². The number of carbonyl (C=O) groups excluding carboxylic acids is 3. The van der Waals surface area contributed by atoms with Crippen molar-refractivity contribution in [2.75, 3.05) is 27.7 Å². The van der Waals surface area contributed by atoms with Crippen LogP contribution in [0.25, 0.3) is 11.1 Å². The topological polar surface area (TPSA) is 183 Å². The van der Waals surface area contributed by atoms with Crippen LogP contribution in [-0.4, -0.2) is 88.4 Å². The summed E-state index contributed by atoms with van der Waals surface area (Å²) in [6.45, 7) is -1.32. The average molecular weight is 632 g/mol. The van der Waals surface area contributed by atoms with Crippen molar-refractivity contribution in [3.63, 3.8) is 0 Å². The van der Waals surface area contributed by atoms with Crippen molar-refractivity contribution >= 4 is 17.5 Å². The Morgan fingerprint density at radius 2 is 1.82 bits per heavy atom. The lowest BCUT2D eigenvalue weighted by Crippen LogP contribution is -2.63. The number of Topliss-reactive ketones (excluding diaryl/α,β-unsaturated/α-hetero) is 2. The number of nitrogens with zero attached hydrogens (tertiary/aromatic N) is 1. The van der Waals surface area contributed by atoms with Crippen LogP contribution in [0.15, 0.2) is 53.0 Å². The highest BCUT2D eigenvalue weighted by molar-refractivity contribution is 6.25. The summed E-state index contributed by atoms with van der Waals surface area (Å²) < 4.78 is 43.6. The number of hydrogen-bond acceptors (Lipinski definition) is 10. The van der Waals surface area contributed by atoms with Crippen molar-refractivity contribution in [2.45, 2.75) is 37.2 Å². The number of nitrogens with two attached hydrogens (primary N) is 1. The van der Waals surface area contributed by atoms with Gasteiger partial charge in [-0.15, -0.1) is 0 Å². The van der Waals surface area contributed by atoms with Crippen LogP contribution in [-0.2, 0) is 22.6 Å². The van der Waals surface area contributed by atoms with Gasteiger partial charge in [0, 0.05) is 23.6 Å². The number of aliphatic hydroxyl groups is 3. The van der Waals surface area contributed by atoms with Gasteiger partial charge in [-0.3, -0.25) is 19.3 Å². The summed E-state index contributed by atoms with van der Waals surface area (Å²) in [5.74, 6) is -7.27. The van der Waals surface area contributed by atoms with E-state index < -0.39 is 76.5 Å². The van der Waals surface area contributed by atoms with Crippen molar-refractivity contribution in [3.05, 3.63) is 69.7 Å². The highest BCUT2D eigenvalue weighted by atomic mass is 19.4. The number of carbonyl (C=O) groups is 3. The minimum atomic E-state index is -4.41. The second kappa shape index (κ2) is 11.2. The number of allylic oxidation sites excluding steroid dienone is 1. The number of aromatic hydroxyl groups is 1. The van der Waals surface area contributed by atoms with Gasteiger partial charge in [0.05, 0.1) is 25.3 Å². The first-order valence-electron chi connectivity index (χ1n) is 14.0. The maximum atomic E-state index is 14.0. The zero-order valence-corrected chi connectivity index (χ0v) is 24.5. The van der Waals surface area contributed by atoms with Gasteiger partial charge in [-0.2, -0.15) is 13.2 Å². The van der Waals surface area contributed by atoms with Crippen LogP contribution < -0.4 is 15.8 Å². The Morgan fingerprint density at radius 3 is 2.42 bits per heavy atom. The fourth-order valence-corrected chi connectivity index (χ4v) is 6.93. The van der Waals surface area contributed by atoms with Gasteiger partial charge in [-0.25, -0.2) is 0 Å². The molecule has 0 aliphatic heterocycles. The Morgan fingerprint density at radius 1 is 1.13 bits per heavy atom. The number of amides is 1. The number of rotatable bonds is 7. The van der Waals surface area contributed by atoms with E-state index in [4.69, 9.17) is 10.5 Å². The van der Waals surface area contributed by atoms with Gasteiger partial charge in [0.1, 0.15) is 28.6 Å². The molecule has 0 spiro atoms. The molecule has 3 aliphatic rings. The third kappa shape index (κ3) is 5.12. The molecule has 240 valence electrons. The first-order valence-corrected chi connectivity index (χ1v) is 14.0. The third-order valence-electron chi connectivity index (χ3n) is 8.81. The quantitative estimate of drug-likeness (QED) is 0.248. The van der Waals surface area contributed by atoms with Gasteiger partial charge >= 0.3 is 6.18 Å². The van der Waals surface area contributed by atoms with Crippen molar-refractivity contribution in [1.82, 2.24) is 10.2 Å². The number of aliphatic hydroxyl groups excluding tert-OH is 2. The number of likely N-dealkylation sites (N-methyl/N-ethyl adjacent to an activating group) is 1. The maximum absolute atomic E-state index is 14.0. The molecule has 14 heteroatoms. The van der Waals surface area contributed by atoms with Crippen LogP contribution in [0.5, 0.6) is 11.5 Å². The maximum Gasteiger partial charge on any atom is 0.401 e. The molecule has 0 heterocycles. The lowest BCUT2D eigenvalue weighted by Gasteiger charge is -2.50. The fraction of sp³-hybridized carbons (Fsp3) is 0.387. The lowest BCUT2D eigenvalue weighted by molar-refractivity contribution is -0.148. The number of alkyl halides is 3. The molecule has 0 fully saturated rings. The lowest BCUT2D eigenvalue weighted by atomic mass is 9.58. The minimum Gasteiger partial charge on any atom is -0.510 e. The molecule has 0 aromatic heterocycles. The first-order chi connectivity index (χ1) is 21.0. The van der Waals surface area contributed by atoms with Crippen molar-refractivity contribution < 1.29 is 52.7 Å². The number of phenolic OH excluding ortho intramolecular Hbond substituents is 1. The number of hydrogen-bond donors (Lipinski definition) is 6. The Labute approximate surface area is 255 Å². The molecule has 1 amide bonds. The summed E-state index contributed by atoms with van der Waals surface area (Å²) in [5, 5.41) is 47.4. The number of phenols is 1. The molecule has 0 saturated carbocycles. The molecule has 2 aromatic carbocycles. The molecule has 2 aromatic rings. The number of fused-ring (bicyclic) bond motifs is 3. The fourth-order valence-electron chi connectivity index (χ4n) is 6.93. The highest BCUT2D eigenvalue weighted by Crippen LogP contribution is 2.53. The molecule has 11 nitrogen and oxygen atoms in total. The third-order valence-corrected chi connectivity index (χ3v) is 8.81. The molecule has 4 atom stereocenters. The van der Waals surface area contributed by atoms with Crippen molar-refractivity contribution in [3.8, 4) is 22.6 Å². The molecular formula is C31H32F3N3O8. The SMILES string of the molecule is COc1ccc(CNCC(F)(F)F)cc1-c1ccc(O)c2c1CC1CC3C(N(C)C)C(O)=C(C(N)=O)C(=O)C3(O)C(O)=C1C2=O. The van der Waals surface area contributed by atoms with E-state index in [0.717, 1.165) is 0 Å². The highest BCUT2D eigenvalue weighted by Gasteiger charge is 2.63. The number of benzene rings is 2. The van der Waals surface area contributed by atoms with Crippen LogP contribution in [0.4, 0.5) is 13.2 Å². The average Bonchev–Trinajstić information content (AvgIpc) is 2.94. The van der Waals surface area contributed by atoms with Crippen LogP contribution in [0.3, 0.4) is 0 Å². The molecule has 45 heavy (non-hydrogen) atoms. The van der Waals surface area contributed by atoms with E-state index in [-0.39, 0.29) is 30.5 Å². The van der Waals surface area contributed by atoms with E-state index in [0.29, 0.717) is 28.0 Å².